The lowest BCUT2D eigenvalue weighted by Crippen LogP contribution is -2.53. The van der Waals surface area contributed by atoms with Crippen LogP contribution >= 0.6 is 0 Å². The summed E-state index contributed by atoms with van der Waals surface area (Å²) in [5.41, 5.74) is 0.189. The monoisotopic (exact) mass is 269 g/mol. The molecule has 2 aliphatic rings. The van der Waals surface area contributed by atoms with Crippen molar-refractivity contribution < 1.29 is 9.84 Å². The molecule has 0 amide bonds. The molecule has 3 atom stereocenters. The lowest BCUT2D eigenvalue weighted by atomic mass is 9.71. The van der Waals surface area contributed by atoms with Crippen LogP contribution in [0.4, 0.5) is 0 Å². The predicted molar refractivity (Wildman–Crippen MR) is 78.1 cm³/mol. The summed E-state index contributed by atoms with van der Waals surface area (Å²) >= 11 is 0. The van der Waals surface area contributed by atoms with Gasteiger partial charge < -0.3 is 15.2 Å². The molecule has 0 aromatic heterocycles. The molecule has 19 heavy (non-hydrogen) atoms. The van der Waals surface area contributed by atoms with Crippen molar-refractivity contribution in [3.8, 4) is 0 Å². The van der Waals surface area contributed by atoms with Gasteiger partial charge in [-0.1, -0.05) is 20.8 Å². The largest absolute Gasteiger partial charge is 0.394 e. The highest BCUT2D eigenvalue weighted by molar-refractivity contribution is 5.00. The fraction of sp³-hybridized carbons (Fsp3) is 1.00. The van der Waals surface area contributed by atoms with Crippen LogP contribution in [0, 0.1) is 17.3 Å². The van der Waals surface area contributed by atoms with E-state index in [0.29, 0.717) is 24.0 Å². The van der Waals surface area contributed by atoms with Crippen molar-refractivity contribution in [1.82, 2.24) is 5.32 Å². The summed E-state index contributed by atoms with van der Waals surface area (Å²) < 4.78 is 6.22. The number of likely N-dealkylation sites (N-methyl/N-ethyl adjacent to an activating group) is 1. The number of nitrogens with one attached hydrogen (secondary N) is 1. The number of hydrogen-bond acceptors (Lipinski definition) is 3. The molecular weight excluding hydrogens is 238 g/mol. The molecule has 2 rings (SSSR count). The van der Waals surface area contributed by atoms with E-state index in [0.717, 1.165) is 12.3 Å². The Labute approximate surface area is 118 Å². The first-order chi connectivity index (χ1) is 8.91. The van der Waals surface area contributed by atoms with Gasteiger partial charge in [0.2, 0.25) is 0 Å². The Hall–Kier alpha value is -0.120. The van der Waals surface area contributed by atoms with Crippen molar-refractivity contribution in [2.24, 2.45) is 17.3 Å². The Balaban J connectivity index is 1.90. The first-order valence-electron chi connectivity index (χ1n) is 7.82. The molecule has 112 valence electrons. The van der Waals surface area contributed by atoms with Gasteiger partial charge in [-0.3, -0.25) is 0 Å². The maximum absolute atomic E-state index is 9.73. The minimum atomic E-state index is -0.204. The molecule has 3 nitrogen and oxygen atoms in total. The average molecular weight is 269 g/mol. The number of rotatable bonds is 6. The zero-order chi connectivity index (χ0) is 14.1. The van der Waals surface area contributed by atoms with Gasteiger partial charge in [-0.15, -0.1) is 0 Å². The SMILES string of the molecule is CNC(CO)(COC1CC(C)CC(C)(C)C1)C1CC1. The van der Waals surface area contributed by atoms with Crippen LogP contribution in [0.15, 0.2) is 0 Å². The van der Waals surface area contributed by atoms with E-state index >= 15 is 0 Å². The molecule has 0 radical (unpaired) electrons. The molecule has 0 saturated heterocycles. The zero-order valence-electron chi connectivity index (χ0n) is 13.0. The van der Waals surface area contributed by atoms with E-state index in [2.05, 4.69) is 26.1 Å². The highest BCUT2D eigenvalue weighted by atomic mass is 16.5. The average Bonchev–Trinajstić information content (AvgIpc) is 3.13. The van der Waals surface area contributed by atoms with Crippen LogP contribution in [0.5, 0.6) is 0 Å². The van der Waals surface area contributed by atoms with Crippen LogP contribution in [-0.4, -0.2) is 37.0 Å². The number of ether oxygens (including phenoxy) is 1. The molecule has 2 fully saturated rings. The molecular formula is C16H31NO2. The van der Waals surface area contributed by atoms with Gasteiger partial charge in [0, 0.05) is 0 Å². The lowest BCUT2D eigenvalue weighted by molar-refractivity contribution is -0.0594. The third-order valence-corrected chi connectivity index (χ3v) is 5.06. The summed E-state index contributed by atoms with van der Waals surface area (Å²) in [5.74, 6) is 1.34. The van der Waals surface area contributed by atoms with Crippen LogP contribution in [0.3, 0.4) is 0 Å². The minimum Gasteiger partial charge on any atom is -0.394 e. The van der Waals surface area contributed by atoms with Gasteiger partial charge in [0.1, 0.15) is 0 Å². The second-order valence-corrected chi connectivity index (χ2v) is 7.68. The van der Waals surface area contributed by atoms with Crippen molar-refractivity contribution >= 4 is 0 Å². The lowest BCUT2D eigenvalue weighted by Gasteiger charge is -2.41. The van der Waals surface area contributed by atoms with E-state index < -0.39 is 0 Å². The van der Waals surface area contributed by atoms with Gasteiger partial charge in [-0.05, 0) is 56.4 Å². The van der Waals surface area contributed by atoms with Gasteiger partial charge in [-0.25, -0.2) is 0 Å². The Morgan fingerprint density at radius 1 is 1.32 bits per heavy atom. The van der Waals surface area contributed by atoms with Crippen LogP contribution in [0.2, 0.25) is 0 Å². The molecule has 0 aromatic carbocycles. The summed E-state index contributed by atoms with van der Waals surface area (Å²) in [6.45, 7) is 7.85. The zero-order valence-corrected chi connectivity index (χ0v) is 13.0. The molecule has 0 aromatic rings. The van der Waals surface area contributed by atoms with Crippen LogP contribution in [0.25, 0.3) is 0 Å². The second-order valence-electron chi connectivity index (χ2n) is 7.68. The van der Waals surface area contributed by atoms with Crippen molar-refractivity contribution in [2.45, 2.75) is 64.5 Å². The molecule has 2 aliphatic carbocycles. The third kappa shape index (κ3) is 3.71. The van der Waals surface area contributed by atoms with Gasteiger partial charge in [0.25, 0.3) is 0 Å². The van der Waals surface area contributed by atoms with Gasteiger partial charge >= 0.3 is 0 Å². The van der Waals surface area contributed by atoms with Crippen molar-refractivity contribution in [3.05, 3.63) is 0 Å². The van der Waals surface area contributed by atoms with Crippen molar-refractivity contribution in [1.29, 1.82) is 0 Å². The first-order valence-corrected chi connectivity index (χ1v) is 7.82. The molecule has 2 N–H and O–H groups in total. The maximum Gasteiger partial charge on any atom is 0.0677 e. The number of hydrogen-bond donors (Lipinski definition) is 2. The second kappa shape index (κ2) is 5.71. The van der Waals surface area contributed by atoms with Crippen LogP contribution in [0.1, 0.15) is 52.9 Å². The van der Waals surface area contributed by atoms with E-state index in [-0.39, 0.29) is 12.1 Å². The van der Waals surface area contributed by atoms with Crippen LogP contribution in [-0.2, 0) is 4.74 Å². The molecule has 0 spiro atoms. The van der Waals surface area contributed by atoms with Crippen molar-refractivity contribution in [2.75, 3.05) is 20.3 Å². The maximum atomic E-state index is 9.73. The van der Waals surface area contributed by atoms with E-state index in [1.54, 1.807) is 0 Å². The third-order valence-electron chi connectivity index (χ3n) is 5.06. The molecule has 2 saturated carbocycles. The van der Waals surface area contributed by atoms with Gasteiger partial charge in [0.15, 0.2) is 0 Å². The van der Waals surface area contributed by atoms with Crippen molar-refractivity contribution in [3.63, 3.8) is 0 Å². The number of aliphatic hydroxyl groups excluding tert-OH is 1. The number of aliphatic hydroxyl groups is 1. The summed E-state index contributed by atoms with van der Waals surface area (Å²) in [5, 5.41) is 13.1. The highest BCUT2D eigenvalue weighted by Gasteiger charge is 2.45. The Morgan fingerprint density at radius 2 is 2.00 bits per heavy atom. The summed E-state index contributed by atoms with van der Waals surface area (Å²) in [7, 11) is 1.95. The van der Waals surface area contributed by atoms with E-state index in [4.69, 9.17) is 4.74 Å². The van der Waals surface area contributed by atoms with E-state index in [1.165, 1.54) is 25.7 Å². The fourth-order valence-electron chi connectivity index (χ4n) is 3.94. The van der Waals surface area contributed by atoms with Gasteiger partial charge in [0.05, 0.1) is 24.9 Å². The summed E-state index contributed by atoms with van der Waals surface area (Å²) in [4.78, 5) is 0. The summed E-state index contributed by atoms with van der Waals surface area (Å²) in [6.07, 6.45) is 6.41. The van der Waals surface area contributed by atoms with E-state index in [9.17, 15) is 5.11 Å². The molecule has 3 unspecified atom stereocenters. The molecule has 0 heterocycles. The fourth-order valence-corrected chi connectivity index (χ4v) is 3.94. The Kier molecular flexibility index (Phi) is 4.59. The topological polar surface area (TPSA) is 41.5 Å². The quantitative estimate of drug-likeness (QED) is 0.779. The van der Waals surface area contributed by atoms with E-state index in [1.807, 2.05) is 7.05 Å². The molecule has 0 aliphatic heterocycles. The highest BCUT2D eigenvalue weighted by Crippen LogP contribution is 2.42. The Bertz CT molecular complexity index is 295. The minimum absolute atomic E-state index is 0.180. The standard InChI is InChI=1S/C16H31NO2/c1-12-7-14(9-15(2,3)8-12)19-11-16(10-18,17-4)13-5-6-13/h12-14,17-18H,5-11H2,1-4H3. The Morgan fingerprint density at radius 3 is 2.47 bits per heavy atom. The first kappa shape index (κ1) is 15.3. The summed E-state index contributed by atoms with van der Waals surface area (Å²) in [6, 6.07) is 0. The predicted octanol–water partition coefficient (Wildman–Crippen LogP) is 2.58. The van der Waals surface area contributed by atoms with Crippen LogP contribution < -0.4 is 5.32 Å². The smallest absolute Gasteiger partial charge is 0.0677 e. The molecule has 0 bridgehead atoms. The normalized spacial score (nSPS) is 33.9. The van der Waals surface area contributed by atoms with Gasteiger partial charge in [-0.2, -0.15) is 0 Å². The molecule has 3 heteroatoms.